The zero-order valence-corrected chi connectivity index (χ0v) is 24.5. The molecular formula is C35H43FO2. The van der Waals surface area contributed by atoms with Crippen molar-refractivity contribution in [2.24, 2.45) is 5.41 Å². The first-order valence-electron chi connectivity index (χ1n) is 13.5. The third kappa shape index (κ3) is 6.89. The van der Waals surface area contributed by atoms with Gasteiger partial charge in [0.1, 0.15) is 11.6 Å². The predicted molar refractivity (Wildman–Crippen MR) is 161 cm³/mol. The normalized spacial score (nSPS) is 12.7. The van der Waals surface area contributed by atoms with Gasteiger partial charge in [-0.15, -0.1) is 0 Å². The topological polar surface area (TPSA) is 37.3 Å². The molecule has 0 unspecified atom stereocenters. The average Bonchev–Trinajstić information content (AvgIpc) is 2.85. The Morgan fingerprint density at radius 1 is 0.947 bits per heavy atom. The van der Waals surface area contributed by atoms with Gasteiger partial charge in [-0.1, -0.05) is 90.1 Å². The second-order valence-electron chi connectivity index (χ2n) is 10.7. The van der Waals surface area contributed by atoms with E-state index >= 15 is 0 Å². The van der Waals surface area contributed by atoms with E-state index < -0.39 is 0 Å². The standard InChI is InChI=1S/C33H37FO2.C2H6/c1-9-30(33(6,7)8)29-18-28(23(5)35)31(36)19-27(29)22(4)32(25-14-11-15-26(34)17-25)21(3)24-13-10-12-20(2)16-24;1-2/h10-19,30,36H,3,9H2,1-2,4-8H3;1-2H3/b32-22-;/t30-;/m1./s1. The van der Waals surface area contributed by atoms with Gasteiger partial charge in [0, 0.05) is 0 Å². The van der Waals surface area contributed by atoms with Crippen LogP contribution in [0, 0.1) is 18.2 Å². The van der Waals surface area contributed by atoms with E-state index in [4.69, 9.17) is 0 Å². The van der Waals surface area contributed by atoms with E-state index in [9.17, 15) is 14.3 Å². The molecule has 0 amide bonds. The molecule has 0 saturated carbocycles. The molecule has 0 heterocycles. The molecule has 0 aliphatic carbocycles. The van der Waals surface area contributed by atoms with Crippen LogP contribution in [0.25, 0.3) is 16.7 Å². The van der Waals surface area contributed by atoms with Crippen LogP contribution in [0.15, 0.2) is 67.2 Å². The molecule has 0 bridgehead atoms. The first kappa shape index (κ1) is 30.8. The molecule has 38 heavy (non-hydrogen) atoms. The highest BCUT2D eigenvalue weighted by atomic mass is 19.1. The number of allylic oxidation sites excluding steroid dienone is 3. The van der Waals surface area contributed by atoms with Crippen LogP contribution in [0.4, 0.5) is 4.39 Å². The Kier molecular flexibility index (Phi) is 10.4. The quantitative estimate of drug-likeness (QED) is 0.193. The Bertz CT molecular complexity index is 1340. The minimum absolute atomic E-state index is 0.0517. The average molecular weight is 515 g/mol. The minimum Gasteiger partial charge on any atom is -0.507 e. The highest BCUT2D eigenvalue weighted by Crippen LogP contribution is 2.45. The van der Waals surface area contributed by atoms with Crippen molar-refractivity contribution in [1.29, 1.82) is 0 Å². The fourth-order valence-electron chi connectivity index (χ4n) is 5.17. The van der Waals surface area contributed by atoms with Crippen LogP contribution in [-0.4, -0.2) is 10.9 Å². The van der Waals surface area contributed by atoms with Crippen molar-refractivity contribution in [2.45, 2.75) is 74.7 Å². The molecule has 3 heteroatoms. The van der Waals surface area contributed by atoms with Crippen LogP contribution in [0.1, 0.15) is 106 Å². The molecule has 202 valence electrons. The Labute approximate surface area is 228 Å². The molecule has 0 aliphatic rings. The second-order valence-corrected chi connectivity index (χ2v) is 10.7. The van der Waals surface area contributed by atoms with Gasteiger partial charge in [0.2, 0.25) is 0 Å². The van der Waals surface area contributed by atoms with Crippen LogP contribution >= 0.6 is 0 Å². The number of carbonyl (C=O) groups excluding carboxylic acids is 1. The van der Waals surface area contributed by atoms with Crippen LogP contribution in [0.2, 0.25) is 0 Å². The number of ketones is 1. The van der Waals surface area contributed by atoms with E-state index in [0.717, 1.165) is 45.4 Å². The zero-order valence-electron chi connectivity index (χ0n) is 24.5. The maximum absolute atomic E-state index is 14.4. The van der Waals surface area contributed by atoms with Gasteiger partial charge < -0.3 is 5.11 Å². The third-order valence-electron chi connectivity index (χ3n) is 6.94. The number of phenols is 1. The number of aryl methyl sites for hydroxylation is 1. The van der Waals surface area contributed by atoms with Crippen molar-refractivity contribution >= 4 is 22.5 Å². The van der Waals surface area contributed by atoms with E-state index in [-0.39, 0.29) is 28.7 Å². The summed E-state index contributed by atoms with van der Waals surface area (Å²) in [6.07, 6.45) is 0.861. The summed E-state index contributed by atoms with van der Waals surface area (Å²) in [7, 11) is 0. The number of hydrogen-bond donors (Lipinski definition) is 1. The van der Waals surface area contributed by atoms with Crippen molar-refractivity contribution in [1.82, 2.24) is 0 Å². The summed E-state index contributed by atoms with van der Waals surface area (Å²) in [5, 5.41) is 10.9. The number of phenolic OH excluding ortho intramolecular Hbond substituents is 1. The summed E-state index contributed by atoms with van der Waals surface area (Å²) in [6, 6.07) is 18.1. The van der Waals surface area contributed by atoms with E-state index in [1.165, 1.54) is 19.1 Å². The van der Waals surface area contributed by atoms with Crippen molar-refractivity contribution in [3.05, 3.63) is 106 Å². The van der Waals surface area contributed by atoms with Crippen LogP contribution < -0.4 is 0 Å². The van der Waals surface area contributed by atoms with E-state index in [1.807, 2.05) is 58.0 Å². The molecule has 3 aromatic rings. The molecule has 0 saturated heterocycles. The highest BCUT2D eigenvalue weighted by Gasteiger charge is 2.29. The Morgan fingerprint density at radius 2 is 1.55 bits per heavy atom. The highest BCUT2D eigenvalue weighted by molar-refractivity contribution is 6.14. The molecular weight excluding hydrogens is 471 g/mol. The van der Waals surface area contributed by atoms with Gasteiger partial charge in [0.25, 0.3) is 0 Å². The Balaban J connectivity index is 0.00000247. The summed E-state index contributed by atoms with van der Waals surface area (Å²) in [6.45, 7) is 22.6. The van der Waals surface area contributed by atoms with Crippen molar-refractivity contribution < 1.29 is 14.3 Å². The SMILES string of the molecule is C=C(/C(=C(\C)c1cc(O)c(C(C)=O)cc1[C@@H](CC)C(C)(C)C)c1cccc(F)c1)c1cccc(C)c1.CC. The number of Topliss-reactive ketones (excluding diaryl/α,β-unsaturated/α-hetero) is 1. The molecule has 0 aliphatic heterocycles. The lowest BCUT2D eigenvalue weighted by molar-refractivity contribution is 0.101. The maximum Gasteiger partial charge on any atom is 0.163 e. The third-order valence-corrected chi connectivity index (χ3v) is 6.94. The van der Waals surface area contributed by atoms with E-state index in [0.29, 0.717) is 11.1 Å². The molecule has 1 N–H and O–H groups in total. The number of halogens is 1. The van der Waals surface area contributed by atoms with Gasteiger partial charge in [-0.25, -0.2) is 4.39 Å². The number of rotatable bonds is 7. The second kappa shape index (κ2) is 12.9. The number of benzene rings is 3. The first-order chi connectivity index (χ1) is 17.8. The largest absolute Gasteiger partial charge is 0.507 e. The van der Waals surface area contributed by atoms with Crippen LogP contribution in [-0.2, 0) is 0 Å². The monoisotopic (exact) mass is 514 g/mol. The number of aromatic hydroxyl groups is 1. The maximum atomic E-state index is 14.4. The Hall–Kier alpha value is -3.46. The van der Waals surface area contributed by atoms with Crippen molar-refractivity contribution in [3.63, 3.8) is 0 Å². The minimum atomic E-state index is -0.328. The molecule has 1 atom stereocenters. The molecule has 2 nitrogen and oxygen atoms in total. The fraction of sp³-hybridized carbons (Fsp3) is 0.343. The fourth-order valence-corrected chi connectivity index (χ4v) is 5.17. The van der Waals surface area contributed by atoms with Crippen molar-refractivity contribution in [2.75, 3.05) is 0 Å². The zero-order chi connectivity index (χ0) is 28.8. The molecule has 3 rings (SSSR count). The van der Waals surface area contributed by atoms with E-state index in [2.05, 4.69) is 40.3 Å². The summed E-state index contributed by atoms with van der Waals surface area (Å²) < 4.78 is 14.4. The van der Waals surface area contributed by atoms with E-state index in [1.54, 1.807) is 12.1 Å². The lowest BCUT2D eigenvalue weighted by atomic mass is 9.72. The summed E-state index contributed by atoms with van der Waals surface area (Å²) >= 11 is 0. The van der Waals surface area contributed by atoms with Crippen molar-refractivity contribution in [3.8, 4) is 5.75 Å². The van der Waals surface area contributed by atoms with Crippen LogP contribution in [0.3, 0.4) is 0 Å². The van der Waals surface area contributed by atoms with Gasteiger partial charge in [0.05, 0.1) is 5.56 Å². The molecule has 3 aromatic carbocycles. The Morgan fingerprint density at radius 3 is 2.08 bits per heavy atom. The number of hydrogen-bond acceptors (Lipinski definition) is 2. The molecule has 0 spiro atoms. The number of carbonyl (C=O) groups is 1. The summed E-state index contributed by atoms with van der Waals surface area (Å²) in [4.78, 5) is 12.4. The first-order valence-corrected chi connectivity index (χ1v) is 13.5. The van der Waals surface area contributed by atoms with Gasteiger partial charge in [-0.05, 0) is 102 Å². The van der Waals surface area contributed by atoms with Gasteiger partial charge >= 0.3 is 0 Å². The lowest BCUT2D eigenvalue weighted by Crippen LogP contribution is -2.19. The van der Waals surface area contributed by atoms with Gasteiger partial charge in [-0.2, -0.15) is 0 Å². The van der Waals surface area contributed by atoms with Gasteiger partial charge in [-0.3, -0.25) is 4.79 Å². The summed E-state index contributed by atoms with van der Waals surface area (Å²) in [5.74, 6) is -0.433. The molecule has 0 radical (unpaired) electrons. The summed E-state index contributed by atoms with van der Waals surface area (Å²) in [5.41, 5.74) is 7.28. The van der Waals surface area contributed by atoms with Crippen LogP contribution in [0.5, 0.6) is 5.75 Å². The lowest BCUT2D eigenvalue weighted by Gasteiger charge is -2.33. The van der Waals surface area contributed by atoms with Gasteiger partial charge in [0.15, 0.2) is 5.78 Å². The smallest absolute Gasteiger partial charge is 0.163 e. The predicted octanol–water partition coefficient (Wildman–Crippen LogP) is 10.3. The molecule has 0 aromatic heterocycles. The molecule has 0 fully saturated rings.